The molecule has 5 N–H and O–H groups in total. The molecule has 0 aliphatic heterocycles. The molecule has 1 saturated carbocycles. The molecule has 0 unspecified atom stereocenters. The SMILES string of the molecule is Cl.NC(=O)[C@@H](O)[C@H](N)CC1CCC1. The number of carbonyl (C=O) groups excluding carboxylic acids is 1. The molecule has 0 spiro atoms. The fourth-order valence-electron chi connectivity index (χ4n) is 1.45. The average molecular weight is 209 g/mol. The Morgan fingerprint density at radius 1 is 1.54 bits per heavy atom. The van der Waals surface area contributed by atoms with E-state index < -0.39 is 18.1 Å². The molecule has 1 fully saturated rings. The van der Waals surface area contributed by atoms with Gasteiger partial charge in [-0.05, 0) is 12.3 Å². The zero-order chi connectivity index (χ0) is 9.14. The smallest absolute Gasteiger partial charge is 0.247 e. The predicted molar refractivity (Wildman–Crippen MR) is 52.4 cm³/mol. The maximum atomic E-state index is 10.5. The van der Waals surface area contributed by atoms with Gasteiger partial charge in [0.15, 0.2) is 0 Å². The van der Waals surface area contributed by atoms with Crippen LogP contribution in [0.5, 0.6) is 0 Å². The van der Waals surface area contributed by atoms with Gasteiger partial charge < -0.3 is 16.6 Å². The minimum absolute atomic E-state index is 0. The minimum Gasteiger partial charge on any atom is -0.382 e. The summed E-state index contributed by atoms with van der Waals surface area (Å²) >= 11 is 0. The van der Waals surface area contributed by atoms with Crippen LogP contribution < -0.4 is 11.5 Å². The van der Waals surface area contributed by atoms with Crippen molar-refractivity contribution in [1.82, 2.24) is 0 Å². The average Bonchev–Trinajstić information content (AvgIpc) is 1.94. The van der Waals surface area contributed by atoms with Gasteiger partial charge in [-0.25, -0.2) is 0 Å². The molecule has 1 aliphatic rings. The third kappa shape index (κ3) is 3.50. The van der Waals surface area contributed by atoms with Crippen LogP contribution in [0, 0.1) is 5.92 Å². The number of carbonyl (C=O) groups is 1. The minimum atomic E-state index is -1.18. The van der Waals surface area contributed by atoms with Crippen LogP contribution in [0.15, 0.2) is 0 Å². The first-order chi connectivity index (χ1) is 5.61. The van der Waals surface area contributed by atoms with Crippen LogP contribution in [0.2, 0.25) is 0 Å². The second-order valence-corrected chi connectivity index (χ2v) is 3.54. The molecule has 2 atom stereocenters. The van der Waals surface area contributed by atoms with Crippen LogP contribution in [0.25, 0.3) is 0 Å². The van der Waals surface area contributed by atoms with Gasteiger partial charge in [0.1, 0.15) is 6.10 Å². The zero-order valence-electron chi connectivity index (χ0n) is 7.48. The Morgan fingerprint density at radius 3 is 2.38 bits per heavy atom. The van der Waals surface area contributed by atoms with Crippen LogP contribution in [-0.2, 0) is 4.79 Å². The standard InChI is InChI=1S/C8H16N2O2.ClH/c9-6(7(11)8(10)12)4-5-2-1-3-5;/h5-7,11H,1-4,9H2,(H2,10,12);1H/t6-,7+;/m1./s1. The van der Waals surface area contributed by atoms with Crippen molar-refractivity contribution in [2.75, 3.05) is 0 Å². The molecule has 5 heteroatoms. The van der Waals surface area contributed by atoms with Crippen molar-refractivity contribution in [2.24, 2.45) is 17.4 Å². The molecule has 0 radical (unpaired) electrons. The van der Waals surface area contributed by atoms with Gasteiger partial charge in [-0.1, -0.05) is 19.3 Å². The summed E-state index contributed by atoms with van der Waals surface area (Å²) in [6.07, 6.45) is 3.11. The lowest BCUT2D eigenvalue weighted by Crippen LogP contribution is -2.45. The Balaban J connectivity index is 0.00000144. The molecule has 0 aromatic carbocycles. The number of hydrogen-bond donors (Lipinski definition) is 3. The highest BCUT2D eigenvalue weighted by Gasteiger charge is 2.26. The normalized spacial score (nSPS) is 21.1. The lowest BCUT2D eigenvalue weighted by Gasteiger charge is -2.29. The van der Waals surface area contributed by atoms with Crippen LogP contribution in [0.1, 0.15) is 25.7 Å². The second kappa shape index (κ2) is 5.42. The van der Waals surface area contributed by atoms with Crippen LogP contribution in [-0.4, -0.2) is 23.2 Å². The van der Waals surface area contributed by atoms with Gasteiger partial charge in [0, 0.05) is 6.04 Å². The first-order valence-electron chi connectivity index (χ1n) is 4.34. The molecular weight excluding hydrogens is 192 g/mol. The van der Waals surface area contributed by atoms with Gasteiger partial charge in [-0.2, -0.15) is 0 Å². The van der Waals surface area contributed by atoms with Crippen molar-refractivity contribution in [1.29, 1.82) is 0 Å². The summed E-state index contributed by atoms with van der Waals surface area (Å²) in [5.41, 5.74) is 10.5. The van der Waals surface area contributed by atoms with Crippen LogP contribution in [0.3, 0.4) is 0 Å². The molecular formula is C8H17ClN2O2. The molecule has 4 nitrogen and oxygen atoms in total. The summed E-state index contributed by atoms with van der Waals surface area (Å²) in [6.45, 7) is 0. The Morgan fingerprint density at radius 2 is 2.08 bits per heavy atom. The van der Waals surface area contributed by atoms with E-state index in [0.717, 1.165) is 0 Å². The lowest BCUT2D eigenvalue weighted by atomic mass is 9.80. The molecule has 0 aromatic heterocycles. The Bertz CT molecular complexity index is 174. The van der Waals surface area contributed by atoms with Gasteiger partial charge in [0.25, 0.3) is 0 Å². The van der Waals surface area contributed by atoms with Crippen molar-refractivity contribution in [3.8, 4) is 0 Å². The summed E-state index contributed by atoms with van der Waals surface area (Å²) in [5.74, 6) is -0.129. The summed E-state index contributed by atoms with van der Waals surface area (Å²) < 4.78 is 0. The molecule has 13 heavy (non-hydrogen) atoms. The van der Waals surface area contributed by atoms with Crippen LogP contribution >= 0.6 is 12.4 Å². The van der Waals surface area contributed by atoms with E-state index in [1.807, 2.05) is 0 Å². The van der Waals surface area contributed by atoms with Crippen molar-refractivity contribution in [3.63, 3.8) is 0 Å². The number of amides is 1. The van der Waals surface area contributed by atoms with E-state index in [-0.39, 0.29) is 12.4 Å². The lowest BCUT2D eigenvalue weighted by molar-refractivity contribution is -0.127. The van der Waals surface area contributed by atoms with Gasteiger partial charge >= 0.3 is 0 Å². The first kappa shape index (κ1) is 12.7. The van der Waals surface area contributed by atoms with E-state index >= 15 is 0 Å². The largest absolute Gasteiger partial charge is 0.382 e. The van der Waals surface area contributed by atoms with Gasteiger partial charge in [-0.3, -0.25) is 4.79 Å². The maximum absolute atomic E-state index is 10.5. The quantitative estimate of drug-likeness (QED) is 0.596. The predicted octanol–water partition coefficient (Wildman–Crippen LogP) is -0.228. The third-order valence-corrected chi connectivity index (χ3v) is 2.53. The van der Waals surface area contributed by atoms with E-state index in [1.165, 1.54) is 19.3 Å². The Labute approximate surface area is 84.1 Å². The first-order valence-corrected chi connectivity index (χ1v) is 4.34. The molecule has 0 aromatic rings. The fraction of sp³-hybridized carbons (Fsp3) is 0.875. The summed E-state index contributed by atoms with van der Waals surface area (Å²) in [7, 11) is 0. The number of nitrogens with two attached hydrogens (primary N) is 2. The topological polar surface area (TPSA) is 89.3 Å². The van der Waals surface area contributed by atoms with Crippen LogP contribution in [0.4, 0.5) is 0 Å². The van der Waals surface area contributed by atoms with Crippen molar-refractivity contribution < 1.29 is 9.90 Å². The van der Waals surface area contributed by atoms with Gasteiger partial charge in [0.05, 0.1) is 0 Å². The molecule has 78 valence electrons. The molecule has 0 heterocycles. The van der Waals surface area contributed by atoms with Crippen molar-refractivity contribution in [3.05, 3.63) is 0 Å². The van der Waals surface area contributed by atoms with E-state index in [4.69, 9.17) is 16.6 Å². The molecule has 1 aliphatic carbocycles. The summed E-state index contributed by atoms with van der Waals surface area (Å²) in [5, 5.41) is 9.16. The highest BCUT2D eigenvalue weighted by molar-refractivity contribution is 5.85. The highest BCUT2D eigenvalue weighted by Crippen LogP contribution is 2.30. The molecule has 0 bridgehead atoms. The number of hydrogen-bond acceptors (Lipinski definition) is 3. The number of aliphatic hydroxyl groups excluding tert-OH is 1. The highest BCUT2D eigenvalue weighted by atomic mass is 35.5. The number of aliphatic hydroxyl groups is 1. The number of halogens is 1. The Kier molecular flexibility index (Phi) is 5.29. The van der Waals surface area contributed by atoms with E-state index in [0.29, 0.717) is 12.3 Å². The van der Waals surface area contributed by atoms with Crippen molar-refractivity contribution in [2.45, 2.75) is 37.8 Å². The molecule has 1 rings (SSSR count). The van der Waals surface area contributed by atoms with E-state index in [2.05, 4.69) is 0 Å². The van der Waals surface area contributed by atoms with Gasteiger partial charge in [0.2, 0.25) is 5.91 Å². The van der Waals surface area contributed by atoms with Gasteiger partial charge in [-0.15, -0.1) is 12.4 Å². The fourth-order valence-corrected chi connectivity index (χ4v) is 1.45. The monoisotopic (exact) mass is 208 g/mol. The molecule has 1 amide bonds. The third-order valence-electron chi connectivity index (χ3n) is 2.53. The maximum Gasteiger partial charge on any atom is 0.247 e. The number of primary amides is 1. The summed E-state index contributed by atoms with van der Waals surface area (Å²) in [6, 6.07) is -0.479. The second-order valence-electron chi connectivity index (χ2n) is 3.54. The van der Waals surface area contributed by atoms with E-state index in [1.54, 1.807) is 0 Å². The Hall–Kier alpha value is -0.320. The number of rotatable bonds is 4. The zero-order valence-corrected chi connectivity index (χ0v) is 8.30. The summed E-state index contributed by atoms with van der Waals surface area (Å²) in [4.78, 5) is 10.5. The van der Waals surface area contributed by atoms with Crippen molar-refractivity contribution >= 4 is 18.3 Å². The molecule has 0 saturated heterocycles. The van der Waals surface area contributed by atoms with E-state index in [9.17, 15) is 4.79 Å².